The summed E-state index contributed by atoms with van der Waals surface area (Å²) in [5.74, 6) is -2.38. The number of anilines is 1. The van der Waals surface area contributed by atoms with Crippen molar-refractivity contribution in [2.24, 2.45) is 7.05 Å². The van der Waals surface area contributed by atoms with E-state index in [9.17, 15) is 13.6 Å². The van der Waals surface area contributed by atoms with Crippen LogP contribution in [0.2, 0.25) is 0 Å². The van der Waals surface area contributed by atoms with Crippen LogP contribution in [-0.2, 0) is 7.05 Å². The number of aryl methyl sites for hydroxylation is 1. The molecule has 0 unspecified atom stereocenters. The second-order valence-electron chi connectivity index (χ2n) is 3.55. The standard InChI is InChI=1S/C11H9F2N3O/c1-16-3-2-15-11(16)10(17)7-4-6(12)5-8(14)9(7)13/h2-5H,14H2,1H3. The number of nitrogen functional groups attached to an aromatic ring is 1. The molecule has 2 aromatic rings. The van der Waals surface area contributed by atoms with E-state index >= 15 is 0 Å². The summed E-state index contributed by atoms with van der Waals surface area (Å²) in [4.78, 5) is 15.7. The van der Waals surface area contributed by atoms with Crippen molar-refractivity contribution in [1.82, 2.24) is 9.55 Å². The van der Waals surface area contributed by atoms with Gasteiger partial charge in [-0.1, -0.05) is 0 Å². The molecule has 0 aliphatic rings. The van der Waals surface area contributed by atoms with Crippen molar-refractivity contribution >= 4 is 11.5 Å². The first kappa shape index (κ1) is 11.3. The Morgan fingerprint density at radius 2 is 2.12 bits per heavy atom. The molecular weight excluding hydrogens is 228 g/mol. The monoisotopic (exact) mass is 237 g/mol. The lowest BCUT2D eigenvalue weighted by atomic mass is 10.1. The number of nitrogens with two attached hydrogens (primary N) is 1. The van der Waals surface area contributed by atoms with E-state index in [-0.39, 0.29) is 5.82 Å². The molecule has 0 saturated heterocycles. The fourth-order valence-electron chi connectivity index (χ4n) is 1.48. The van der Waals surface area contributed by atoms with E-state index in [0.29, 0.717) is 0 Å². The predicted molar refractivity (Wildman–Crippen MR) is 57.4 cm³/mol. The number of ketones is 1. The van der Waals surface area contributed by atoms with E-state index in [1.54, 1.807) is 7.05 Å². The topological polar surface area (TPSA) is 60.9 Å². The molecule has 0 spiro atoms. The molecule has 0 radical (unpaired) electrons. The van der Waals surface area contributed by atoms with Crippen LogP contribution < -0.4 is 5.73 Å². The number of hydrogen-bond donors (Lipinski definition) is 1. The van der Waals surface area contributed by atoms with E-state index in [1.165, 1.54) is 17.0 Å². The maximum absolute atomic E-state index is 13.6. The zero-order chi connectivity index (χ0) is 12.6. The van der Waals surface area contributed by atoms with Gasteiger partial charge in [-0.3, -0.25) is 4.79 Å². The molecule has 17 heavy (non-hydrogen) atoms. The maximum atomic E-state index is 13.6. The summed E-state index contributed by atoms with van der Waals surface area (Å²) in [6.07, 6.45) is 2.93. The van der Waals surface area contributed by atoms with Gasteiger partial charge in [0.1, 0.15) is 5.82 Å². The first-order chi connectivity index (χ1) is 8.00. The van der Waals surface area contributed by atoms with E-state index in [0.717, 1.165) is 12.1 Å². The normalized spacial score (nSPS) is 10.5. The molecule has 0 aliphatic carbocycles. The third-order valence-electron chi connectivity index (χ3n) is 2.33. The molecule has 0 saturated carbocycles. The van der Waals surface area contributed by atoms with Crippen LogP contribution in [0.3, 0.4) is 0 Å². The Morgan fingerprint density at radius 3 is 2.71 bits per heavy atom. The van der Waals surface area contributed by atoms with Crippen molar-refractivity contribution in [3.05, 3.63) is 47.5 Å². The Balaban J connectivity index is 2.55. The number of hydrogen-bond acceptors (Lipinski definition) is 3. The number of imidazole rings is 1. The zero-order valence-corrected chi connectivity index (χ0v) is 8.95. The Bertz CT molecular complexity index is 592. The van der Waals surface area contributed by atoms with Crippen LogP contribution in [0.5, 0.6) is 0 Å². The summed E-state index contributed by atoms with van der Waals surface area (Å²) in [5.41, 5.74) is 4.44. The molecule has 0 fully saturated rings. The summed E-state index contributed by atoms with van der Waals surface area (Å²) >= 11 is 0. The molecule has 1 aromatic heterocycles. The van der Waals surface area contributed by atoms with Crippen molar-refractivity contribution in [1.29, 1.82) is 0 Å². The average molecular weight is 237 g/mol. The highest BCUT2D eigenvalue weighted by Gasteiger charge is 2.20. The lowest BCUT2D eigenvalue weighted by Gasteiger charge is -2.05. The van der Waals surface area contributed by atoms with Crippen LogP contribution in [0.1, 0.15) is 16.2 Å². The molecule has 0 amide bonds. The number of nitrogens with zero attached hydrogens (tertiary/aromatic N) is 2. The zero-order valence-electron chi connectivity index (χ0n) is 8.95. The Morgan fingerprint density at radius 1 is 1.41 bits per heavy atom. The number of benzene rings is 1. The molecule has 2 rings (SSSR count). The number of aromatic nitrogens is 2. The Hall–Kier alpha value is -2.24. The van der Waals surface area contributed by atoms with Gasteiger partial charge >= 0.3 is 0 Å². The second-order valence-corrected chi connectivity index (χ2v) is 3.55. The van der Waals surface area contributed by atoms with E-state index in [4.69, 9.17) is 5.73 Å². The number of halogens is 2. The summed E-state index contributed by atoms with van der Waals surface area (Å²) < 4.78 is 28.1. The van der Waals surface area contributed by atoms with Gasteiger partial charge in [-0.25, -0.2) is 13.8 Å². The molecule has 0 bridgehead atoms. The van der Waals surface area contributed by atoms with Gasteiger partial charge in [0.15, 0.2) is 11.6 Å². The second kappa shape index (κ2) is 3.97. The minimum absolute atomic E-state index is 0.0221. The first-order valence-corrected chi connectivity index (χ1v) is 4.77. The van der Waals surface area contributed by atoms with Gasteiger partial charge in [0.05, 0.1) is 11.3 Å². The van der Waals surface area contributed by atoms with Crippen LogP contribution in [0.25, 0.3) is 0 Å². The summed E-state index contributed by atoms with van der Waals surface area (Å²) in [7, 11) is 1.58. The Labute approximate surface area is 95.7 Å². The summed E-state index contributed by atoms with van der Waals surface area (Å²) in [6, 6.07) is 1.63. The molecule has 0 aliphatic heterocycles. The van der Waals surface area contributed by atoms with Gasteiger partial charge in [-0.05, 0) is 12.1 Å². The highest BCUT2D eigenvalue weighted by molar-refractivity contribution is 6.07. The third-order valence-corrected chi connectivity index (χ3v) is 2.33. The maximum Gasteiger partial charge on any atom is 0.231 e. The number of carbonyl (C=O) groups is 1. The lowest BCUT2D eigenvalue weighted by Crippen LogP contribution is -2.12. The SMILES string of the molecule is Cn1ccnc1C(=O)c1cc(F)cc(N)c1F. The summed E-state index contributed by atoms with van der Waals surface area (Å²) in [5, 5.41) is 0. The van der Waals surface area contributed by atoms with Crippen LogP contribution in [0.15, 0.2) is 24.5 Å². The predicted octanol–water partition coefficient (Wildman–Crippen LogP) is 1.51. The molecule has 1 aromatic carbocycles. The van der Waals surface area contributed by atoms with Gasteiger partial charge in [0, 0.05) is 19.4 Å². The van der Waals surface area contributed by atoms with Gasteiger partial charge < -0.3 is 10.3 Å². The summed E-state index contributed by atoms with van der Waals surface area (Å²) in [6.45, 7) is 0. The van der Waals surface area contributed by atoms with Crippen molar-refractivity contribution in [3.8, 4) is 0 Å². The lowest BCUT2D eigenvalue weighted by molar-refractivity contribution is 0.102. The largest absolute Gasteiger partial charge is 0.396 e. The first-order valence-electron chi connectivity index (χ1n) is 4.77. The molecule has 2 N–H and O–H groups in total. The highest BCUT2D eigenvalue weighted by atomic mass is 19.1. The number of rotatable bonds is 2. The van der Waals surface area contributed by atoms with Crippen LogP contribution in [0.4, 0.5) is 14.5 Å². The van der Waals surface area contributed by atoms with Gasteiger partial charge in [0.25, 0.3) is 0 Å². The highest BCUT2D eigenvalue weighted by Crippen LogP contribution is 2.19. The van der Waals surface area contributed by atoms with Gasteiger partial charge in [-0.2, -0.15) is 0 Å². The molecule has 88 valence electrons. The third kappa shape index (κ3) is 1.89. The molecular formula is C11H9F2N3O. The van der Waals surface area contributed by atoms with E-state index in [1.807, 2.05) is 0 Å². The minimum Gasteiger partial charge on any atom is -0.396 e. The van der Waals surface area contributed by atoms with Crippen LogP contribution in [-0.4, -0.2) is 15.3 Å². The smallest absolute Gasteiger partial charge is 0.231 e. The average Bonchev–Trinajstić information content (AvgIpc) is 2.69. The Kier molecular flexibility index (Phi) is 2.63. The quantitative estimate of drug-likeness (QED) is 0.636. The van der Waals surface area contributed by atoms with E-state index in [2.05, 4.69) is 4.98 Å². The van der Waals surface area contributed by atoms with E-state index < -0.39 is 28.7 Å². The molecule has 6 heteroatoms. The molecule has 1 heterocycles. The van der Waals surface area contributed by atoms with Gasteiger partial charge in [0.2, 0.25) is 5.78 Å². The van der Waals surface area contributed by atoms with Crippen molar-refractivity contribution in [2.75, 3.05) is 5.73 Å². The number of carbonyl (C=O) groups excluding carboxylic acids is 1. The van der Waals surface area contributed by atoms with Gasteiger partial charge in [-0.15, -0.1) is 0 Å². The van der Waals surface area contributed by atoms with Crippen molar-refractivity contribution < 1.29 is 13.6 Å². The van der Waals surface area contributed by atoms with Crippen LogP contribution >= 0.6 is 0 Å². The fourth-order valence-corrected chi connectivity index (χ4v) is 1.48. The minimum atomic E-state index is -0.931. The van der Waals surface area contributed by atoms with Crippen molar-refractivity contribution in [3.63, 3.8) is 0 Å². The molecule has 0 atom stereocenters. The fraction of sp³-hybridized carbons (Fsp3) is 0.0909. The molecule has 4 nitrogen and oxygen atoms in total. The van der Waals surface area contributed by atoms with Crippen molar-refractivity contribution in [2.45, 2.75) is 0 Å². The van der Waals surface area contributed by atoms with Crippen LogP contribution in [0, 0.1) is 11.6 Å².